The van der Waals surface area contributed by atoms with Crippen molar-refractivity contribution in [3.8, 4) is 6.07 Å². The van der Waals surface area contributed by atoms with E-state index < -0.39 is 0 Å². The average Bonchev–Trinajstić information content (AvgIpc) is 2.89. The molecule has 1 unspecified atom stereocenters. The fourth-order valence-electron chi connectivity index (χ4n) is 1.31. The number of hydrogen-bond donors (Lipinski definition) is 1. The largest absolute Gasteiger partial charge is 0.328 e. The summed E-state index contributed by atoms with van der Waals surface area (Å²) in [6.07, 6.45) is 1.54. The highest BCUT2D eigenvalue weighted by molar-refractivity contribution is 7.10. The van der Waals surface area contributed by atoms with Crippen molar-refractivity contribution >= 4 is 11.3 Å². The molecule has 0 aliphatic rings. The van der Waals surface area contributed by atoms with Crippen molar-refractivity contribution < 1.29 is 0 Å². The van der Waals surface area contributed by atoms with Crippen molar-refractivity contribution in [2.24, 2.45) is 5.73 Å². The highest BCUT2D eigenvalue weighted by Gasteiger charge is 2.14. The van der Waals surface area contributed by atoms with Gasteiger partial charge < -0.3 is 5.73 Å². The molecule has 2 rings (SSSR count). The minimum atomic E-state index is -0.0281. The maximum Gasteiger partial charge on any atom is 0.252 e. The van der Waals surface area contributed by atoms with Crippen LogP contribution in [0.25, 0.3) is 0 Å². The molecule has 0 spiro atoms. The lowest BCUT2D eigenvalue weighted by Crippen LogP contribution is -2.20. The summed E-state index contributed by atoms with van der Waals surface area (Å²) in [5, 5.41) is 14.6. The monoisotopic (exact) mass is 219 g/mol. The van der Waals surface area contributed by atoms with Crippen LogP contribution in [0.3, 0.4) is 0 Å². The molecule has 15 heavy (non-hydrogen) atoms. The second-order valence-electron chi connectivity index (χ2n) is 2.93. The van der Waals surface area contributed by atoms with Crippen LogP contribution in [0.5, 0.6) is 0 Å². The van der Waals surface area contributed by atoms with E-state index in [0.29, 0.717) is 6.54 Å². The van der Waals surface area contributed by atoms with Gasteiger partial charge in [-0.05, 0) is 11.4 Å². The second-order valence-corrected chi connectivity index (χ2v) is 3.91. The first-order valence-corrected chi connectivity index (χ1v) is 5.28. The third-order valence-electron chi connectivity index (χ3n) is 2.02. The van der Waals surface area contributed by atoms with Gasteiger partial charge in [-0.15, -0.1) is 16.4 Å². The lowest BCUT2D eigenvalue weighted by Gasteiger charge is -2.11. The molecule has 0 aliphatic carbocycles. The van der Waals surface area contributed by atoms with Gasteiger partial charge in [0.05, 0.1) is 0 Å². The number of aromatic nitrogens is 3. The van der Waals surface area contributed by atoms with Crippen molar-refractivity contribution in [1.29, 1.82) is 5.26 Å². The summed E-state index contributed by atoms with van der Waals surface area (Å²) < 4.78 is 1.63. The Balaban J connectivity index is 2.32. The van der Waals surface area contributed by atoms with Crippen LogP contribution in [0.15, 0.2) is 23.8 Å². The van der Waals surface area contributed by atoms with E-state index in [-0.39, 0.29) is 11.9 Å². The van der Waals surface area contributed by atoms with Gasteiger partial charge in [-0.3, -0.25) is 0 Å². The summed E-state index contributed by atoms with van der Waals surface area (Å²) in [7, 11) is 0. The molecular formula is C9H9N5S. The van der Waals surface area contributed by atoms with Crippen LogP contribution in [-0.2, 0) is 0 Å². The fraction of sp³-hybridized carbons (Fsp3) is 0.222. The van der Waals surface area contributed by atoms with Gasteiger partial charge in [0.1, 0.15) is 18.4 Å². The second kappa shape index (κ2) is 4.21. The van der Waals surface area contributed by atoms with Crippen LogP contribution in [0, 0.1) is 11.3 Å². The summed E-state index contributed by atoms with van der Waals surface area (Å²) in [5.74, 6) is 0.171. The van der Waals surface area contributed by atoms with Gasteiger partial charge in [-0.1, -0.05) is 6.07 Å². The van der Waals surface area contributed by atoms with Gasteiger partial charge >= 0.3 is 0 Å². The van der Waals surface area contributed by atoms with E-state index >= 15 is 0 Å². The Kier molecular flexibility index (Phi) is 2.76. The molecule has 0 bridgehead atoms. The first kappa shape index (κ1) is 9.83. The van der Waals surface area contributed by atoms with Crippen LogP contribution in [0.1, 0.15) is 16.7 Å². The lowest BCUT2D eigenvalue weighted by atomic mass is 10.2. The van der Waals surface area contributed by atoms with Crippen molar-refractivity contribution in [3.63, 3.8) is 0 Å². The maximum absolute atomic E-state index is 8.62. The van der Waals surface area contributed by atoms with Gasteiger partial charge in [-0.25, -0.2) is 9.67 Å². The molecule has 2 aromatic rings. The molecule has 5 nitrogen and oxygen atoms in total. The van der Waals surface area contributed by atoms with Gasteiger partial charge in [0, 0.05) is 11.4 Å². The van der Waals surface area contributed by atoms with Gasteiger partial charge in [0.15, 0.2) is 0 Å². The lowest BCUT2D eigenvalue weighted by molar-refractivity contribution is 0.537. The first-order valence-electron chi connectivity index (χ1n) is 4.40. The zero-order valence-electron chi connectivity index (χ0n) is 7.87. The van der Waals surface area contributed by atoms with E-state index in [1.54, 1.807) is 16.0 Å². The van der Waals surface area contributed by atoms with E-state index in [1.807, 2.05) is 23.6 Å². The molecule has 0 fully saturated rings. The third-order valence-corrected chi connectivity index (χ3v) is 3.00. The van der Waals surface area contributed by atoms with Gasteiger partial charge in [0.2, 0.25) is 0 Å². The van der Waals surface area contributed by atoms with Crippen LogP contribution in [0.2, 0.25) is 0 Å². The number of rotatable bonds is 3. The Morgan fingerprint density at radius 3 is 3.07 bits per heavy atom. The molecule has 2 aromatic heterocycles. The third kappa shape index (κ3) is 1.88. The molecule has 2 N–H and O–H groups in total. The maximum atomic E-state index is 8.62. The predicted octanol–water partition coefficient (Wildman–Crippen LogP) is 0.759. The molecule has 76 valence electrons. The normalized spacial score (nSPS) is 12.3. The number of nitriles is 1. The Hall–Kier alpha value is -1.71. The first-order chi connectivity index (χ1) is 7.35. The molecule has 0 radical (unpaired) electrons. The Labute approximate surface area is 90.8 Å². The Morgan fingerprint density at radius 1 is 1.67 bits per heavy atom. The topological polar surface area (TPSA) is 80.5 Å². The number of hydrogen-bond acceptors (Lipinski definition) is 5. The average molecular weight is 219 g/mol. The van der Waals surface area contributed by atoms with E-state index in [2.05, 4.69) is 10.1 Å². The van der Waals surface area contributed by atoms with Gasteiger partial charge in [-0.2, -0.15) is 5.26 Å². The van der Waals surface area contributed by atoms with Crippen LogP contribution in [0.4, 0.5) is 0 Å². The molecule has 2 heterocycles. The molecular weight excluding hydrogens is 210 g/mol. The van der Waals surface area contributed by atoms with Crippen molar-refractivity contribution in [1.82, 2.24) is 14.8 Å². The van der Waals surface area contributed by atoms with Crippen molar-refractivity contribution in [2.45, 2.75) is 6.04 Å². The Morgan fingerprint density at radius 2 is 2.53 bits per heavy atom. The molecule has 0 amide bonds. The summed E-state index contributed by atoms with van der Waals surface area (Å²) in [4.78, 5) is 4.97. The molecule has 6 heteroatoms. The van der Waals surface area contributed by atoms with Crippen molar-refractivity contribution in [3.05, 3.63) is 34.5 Å². The van der Waals surface area contributed by atoms with Gasteiger partial charge in [0.25, 0.3) is 5.82 Å². The SMILES string of the molecule is N#Cc1ncn(C(CN)c2cccs2)n1. The van der Waals surface area contributed by atoms with E-state index in [9.17, 15) is 0 Å². The molecule has 0 saturated heterocycles. The zero-order valence-corrected chi connectivity index (χ0v) is 8.68. The molecule has 0 aliphatic heterocycles. The number of thiophene rings is 1. The highest BCUT2D eigenvalue weighted by Crippen LogP contribution is 2.21. The van der Waals surface area contributed by atoms with E-state index in [0.717, 1.165) is 4.88 Å². The van der Waals surface area contributed by atoms with Crippen molar-refractivity contribution in [2.75, 3.05) is 6.54 Å². The molecule has 0 aromatic carbocycles. The summed E-state index contributed by atoms with van der Waals surface area (Å²) in [6, 6.07) is 5.82. The highest BCUT2D eigenvalue weighted by atomic mass is 32.1. The standard InChI is InChI=1S/C9H9N5S/c10-4-7(8-2-1-3-15-8)14-6-12-9(5-11)13-14/h1-3,6-7H,4,10H2. The number of nitrogens with zero attached hydrogens (tertiary/aromatic N) is 4. The smallest absolute Gasteiger partial charge is 0.252 e. The van der Waals surface area contributed by atoms with Crippen LogP contribution < -0.4 is 5.73 Å². The summed E-state index contributed by atoms with van der Waals surface area (Å²) in [6.45, 7) is 0.439. The van der Waals surface area contributed by atoms with Crippen LogP contribution in [-0.4, -0.2) is 21.3 Å². The van der Waals surface area contributed by atoms with Crippen LogP contribution >= 0.6 is 11.3 Å². The number of nitrogens with two attached hydrogens (primary N) is 1. The predicted molar refractivity (Wildman–Crippen MR) is 56.2 cm³/mol. The molecule has 1 atom stereocenters. The minimum absolute atomic E-state index is 0.0281. The Bertz CT molecular complexity index is 467. The quantitative estimate of drug-likeness (QED) is 0.826. The fourth-order valence-corrected chi connectivity index (χ4v) is 2.14. The molecule has 0 saturated carbocycles. The minimum Gasteiger partial charge on any atom is -0.328 e. The zero-order chi connectivity index (χ0) is 10.7. The summed E-state index contributed by atoms with van der Waals surface area (Å²) >= 11 is 1.62. The van der Waals surface area contributed by atoms with E-state index in [4.69, 9.17) is 11.0 Å². The summed E-state index contributed by atoms with van der Waals surface area (Å²) in [5.41, 5.74) is 5.68. The van der Waals surface area contributed by atoms with E-state index in [1.165, 1.54) is 6.33 Å².